The van der Waals surface area contributed by atoms with E-state index in [0.29, 0.717) is 24.7 Å². The highest BCUT2D eigenvalue weighted by Crippen LogP contribution is 2.42. The maximum Gasteiger partial charge on any atom is 0.328 e. The number of nitrogens with zero attached hydrogens (tertiary/aromatic N) is 2. The summed E-state index contributed by atoms with van der Waals surface area (Å²) >= 11 is 0. The zero-order valence-electron chi connectivity index (χ0n) is 15.8. The SMILES string of the molecule is CCC1CCN(C2C(F)=Cc3c(n(C4CC4)c(=O)[nH]c3=O)C2OC)CC1N. The van der Waals surface area contributed by atoms with Crippen LogP contribution in [0.4, 0.5) is 4.39 Å². The minimum Gasteiger partial charge on any atom is -0.373 e. The molecule has 0 amide bonds. The monoisotopic (exact) mass is 378 g/mol. The number of likely N-dealkylation sites (tertiary alicyclic amines) is 1. The molecule has 2 aliphatic carbocycles. The summed E-state index contributed by atoms with van der Waals surface area (Å²) in [6, 6.07) is -0.651. The van der Waals surface area contributed by atoms with E-state index in [1.54, 1.807) is 4.57 Å². The summed E-state index contributed by atoms with van der Waals surface area (Å²) in [6.45, 7) is 3.40. The summed E-state index contributed by atoms with van der Waals surface area (Å²) in [6.07, 6.45) is 4.20. The normalized spacial score (nSPS) is 31.5. The van der Waals surface area contributed by atoms with Crippen LogP contribution >= 0.6 is 0 Å². The highest BCUT2D eigenvalue weighted by molar-refractivity contribution is 5.58. The predicted octanol–water partition coefficient (Wildman–Crippen LogP) is 1.31. The van der Waals surface area contributed by atoms with Gasteiger partial charge >= 0.3 is 5.69 Å². The van der Waals surface area contributed by atoms with Gasteiger partial charge in [0.1, 0.15) is 11.9 Å². The molecule has 1 aromatic heterocycles. The summed E-state index contributed by atoms with van der Waals surface area (Å²) < 4.78 is 22.4. The number of piperidine rings is 1. The van der Waals surface area contributed by atoms with Gasteiger partial charge in [-0.3, -0.25) is 19.2 Å². The third-order valence-electron chi connectivity index (χ3n) is 6.26. The Labute approximate surface area is 157 Å². The Morgan fingerprint density at radius 3 is 2.67 bits per heavy atom. The van der Waals surface area contributed by atoms with Crippen molar-refractivity contribution in [2.75, 3.05) is 20.2 Å². The van der Waals surface area contributed by atoms with Gasteiger partial charge in [0, 0.05) is 25.7 Å². The van der Waals surface area contributed by atoms with Crippen molar-refractivity contribution in [3.63, 3.8) is 0 Å². The number of H-pyrrole nitrogens is 1. The van der Waals surface area contributed by atoms with Crippen LogP contribution in [-0.2, 0) is 4.74 Å². The molecule has 4 rings (SSSR count). The van der Waals surface area contributed by atoms with E-state index in [1.807, 2.05) is 4.90 Å². The number of fused-ring (bicyclic) bond motifs is 1. The minimum atomic E-state index is -0.717. The summed E-state index contributed by atoms with van der Waals surface area (Å²) in [5, 5.41) is 0. The van der Waals surface area contributed by atoms with Crippen LogP contribution in [0.15, 0.2) is 15.4 Å². The van der Waals surface area contributed by atoms with E-state index in [4.69, 9.17) is 10.5 Å². The molecule has 1 aromatic rings. The molecule has 2 heterocycles. The van der Waals surface area contributed by atoms with Crippen molar-refractivity contribution in [3.8, 4) is 0 Å². The summed E-state index contributed by atoms with van der Waals surface area (Å²) in [7, 11) is 1.50. The van der Waals surface area contributed by atoms with Gasteiger partial charge in [-0.15, -0.1) is 0 Å². The Kier molecular flexibility index (Phi) is 4.82. The van der Waals surface area contributed by atoms with Crippen molar-refractivity contribution in [3.05, 3.63) is 37.9 Å². The zero-order chi connectivity index (χ0) is 19.3. The van der Waals surface area contributed by atoms with Crippen LogP contribution in [0.25, 0.3) is 6.08 Å². The van der Waals surface area contributed by atoms with E-state index < -0.39 is 29.2 Å². The molecule has 27 heavy (non-hydrogen) atoms. The third-order valence-corrected chi connectivity index (χ3v) is 6.26. The van der Waals surface area contributed by atoms with Crippen molar-refractivity contribution in [2.24, 2.45) is 11.7 Å². The van der Waals surface area contributed by atoms with Gasteiger partial charge in [0.15, 0.2) is 0 Å². The van der Waals surface area contributed by atoms with Crippen molar-refractivity contribution in [1.29, 1.82) is 0 Å². The number of hydrogen-bond donors (Lipinski definition) is 2. The number of halogens is 1. The van der Waals surface area contributed by atoms with Gasteiger partial charge in [0.2, 0.25) is 0 Å². The molecule has 4 unspecified atom stereocenters. The van der Waals surface area contributed by atoms with Gasteiger partial charge in [-0.25, -0.2) is 9.18 Å². The topological polar surface area (TPSA) is 93.3 Å². The molecule has 148 valence electrons. The van der Waals surface area contributed by atoms with E-state index in [0.717, 1.165) is 25.7 Å². The lowest BCUT2D eigenvalue weighted by Crippen LogP contribution is -2.55. The molecule has 1 saturated heterocycles. The Morgan fingerprint density at radius 2 is 2.07 bits per heavy atom. The molecule has 0 radical (unpaired) electrons. The van der Waals surface area contributed by atoms with Crippen LogP contribution in [0.5, 0.6) is 0 Å². The van der Waals surface area contributed by atoms with Gasteiger partial charge in [-0.05, 0) is 37.8 Å². The van der Waals surface area contributed by atoms with Crippen LogP contribution in [0.3, 0.4) is 0 Å². The summed E-state index contributed by atoms with van der Waals surface area (Å²) in [5.74, 6) is 0.0145. The highest BCUT2D eigenvalue weighted by Gasteiger charge is 2.43. The van der Waals surface area contributed by atoms with Gasteiger partial charge in [0.05, 0.1) is 17.3 Å². The largest absolute Gasteiger partial charge is 0.373 e. The number of aromatic amines is 1. The third kappa shape index (κ3) is 3.09. The van der Waals surface area contributed by atoms with Crippen LogP contribution in [0.1, 0.15) is 56.0 Å². The molecule has 1 saturated carbocycles. The minimum absolute atomic E-state index is 0.0275. The molecule has 2 fully saturated rings. The average molecular weight is 378 g/mol. The van der Waals surface area contributed by atoms with Crippen molar-refractivity contribution < 1.29 is 9.13 Å². The van der Waals surface area contributed by atoms with Crippen molar-refractivity contribution in [2.45, 2.75) is 56.8 Å². The fourth-order valence-electron chi connectivity index (χ4n) is 4.65. The van der Waals surface area contributed by atoms with E-state index in [-0.39, 0.29) is 17.6 Å². The smallest absolute Gasteiger partial charge is 0.328 e. The first-order chi connectivity index (χ1) is 13.0. The van der Waals surface area contributed by atoms with Crippen molar-refractivity contribution in [1.82, 2.24) is 14.5 Å². The number of rotatable bonds is 4. The second-order valence-electron chi connectivity index (χ2n) is 7.91. The van der Waals surface area contributed by atoms with Gasteiger partial charge in [-0.2, -0.15) is 0 Å². The van der Waals surface area contributed by atoms with Crippen LogP contribution in [0, 0.1) is 5.92 Å². The molecule has 8 heteroatoms. The van der Waals surface area contributed by atoms with Crippen LogP contribution in [0.2, 0.25) is 0 Å². The Hall–Kier alpha value is -1.77. The predicted molar refractivity (Wildman–Crippen MR) is 100 cm³/mol. The standard InChI is InChI=1S/C19H27FN4O3/c1-3-10-6-7-23(9-14(10)21)16-13(20)8-12-15(17(16)27-2)24(11-4-5-11)19(26)22-18(12)25/h8,10-11,14,16-17H,3-7,9,21H2,1-2H3,(H,22,25,26). The first kappa shape index (κ1) is 18.6. The lowest BCUT2D eigenvalue weighted by atomic mass is 9.86. The van der Waals surface area contributed by atoms with Crippen LogP contribution in [-0.4, -0.2) is 46.7 Å². The molecule has 3 aliphatic rings. The fourth-order valence-corrected chi connectivity index (χ4v) is 4.65. The molecular weight excluding hydrogens is 351 g/mol. The maximum atomic E-state index is 15.1. The zero-order valence-corrected chi connectivity index (χ0v) is 15.8. The lowest BCUT2D eigenvalue weighted by molar-refractivity contribution is -0.00477. The first-order valence-electron chi connectivity index (χ1n) is 9.74. The molecule has 0 aromatic carbocycles. The summed E-state index contributed by atoms with van der Waals surface area (Å²) in [4.78, 5) is 29.1. The second-order valence-corrected chi connectivity index (χ2v) is 7.91. The number of aromatic nitrogens is 2. The fraction of sp³-hybridized carbons (Fsp3) is 0.684. The number of methoxy groups -OCH3 is 1. The number of hydrogen-bond acceptors (Lipinski definition) is 5. The molecule has 4 atom stereocenters. The van der Waals surface area contributed by atoms with E-state index in [1.165, 1.54) is 13.2 Å². The van der Waals surface area contributed by atoms with Crippen molar-refractivity contribution >= 4 is 6.08 Å². The molecule has 7 nitrogen and oxygen atoms in total. The van der Waals surface area contributed by atoms with Gasteiger partial charge in [0.25, 0.3) is 5.56 Å². The van der Waals surface area contributed by atoms with Crippen LogP contribution < -0.4 is 17.0 Å². The van der Waals surface area contributed by atoms with Gasteiger partial charge < -0.3 is 10.5 Å². The second kappa shape index (κ2) is 7.00. The molecule has 1 aliphatic heterocycles. The van der Waals surface area contributed by atoms with E-state index in [9.17, 15) is 9.59 Å². The summed E-state index contributed by atoms with van der Waals surface area (Å²) in [5.41, 5.74) is 5.99. The van der Waals surface area contributed by atoms with Gasteiger partial charge in [-0.1, -0.05) is 13.3 Å². The molecule has 0 spiro atoms. The molecular formula is C19H27FN4O3. The molecule has 3 N–H and O–H groups in total. The number of ether oxygens (including phenoxy) is 1. The Balaban J connectivity index is 1.78. The number of nitrogens with one attached hydrogen (secondary N) is 1. The quantitative estimate of drug-likeness (QED) is 0.824. The first-order valence-corrected chi connectivity index (χ1v) is 9.74. The number of nitrogens with two attached hydrogens (primary N) is 1. The van der Waals surface area contributed by atoms with E-state index in [2.05, 4.69) is 11.9 Å². The highest BCUT2D eigenvalue weighted by atomic mass is 19.1. The Bertz CT molecular complexity index is 873. The maximum absolute atomic E-state index is 15.1. The van der Waals surface area contributed by atoms with E-state index >= 15 is 4.39 Å². The molecule has 0 bridgehead atoms. The Morgan fingerprint density at radius 1 is 1.33 bits per heavy atom. The average Bonchev–Trinajstić information content (AvgIpc) is 3.46. The lowest BCUT2D eigenvalue weighted by Gasteiger charge is -2.44.